The molecule has 3 rings (SSSR count). The predicted octanol–water partition coefficient (Wildman–Crippen LogP) is 2.40. The van der Waals surface area contributed by atoms with Crippen LogP contribution in [0.15, 0.2) is 29.2 Å². The standard InChI is InChI=1S/C17H26N2O2S/c1-2-15-5-3-4-6-17(15)22(20,21)19-11-9-16(10-12-19)18-13-14-7-8-14/h3-6,14,16,18H,2,7-13H2,1H3. The van der Waals surface area contributed by atoms with Gasteiger partial charge < -0.3 is 5.32 Å². The van der Waals surface area contributed by atoms with Gasteiger partial charge in [0.05, 0.1) is 4.90 Å². The first kappa shape index (κ1) is 16.0. The molecular weight excluding hydrogens is 296 g/mol. The van der Waals surface area contributed by atoms with E-state index in [1.807, 2.05) is 25.1 Å². The van der Waals surface area contributed by atoms with Crippen molar-refractivity contribution in [2.45, 2.75) is 50.0 Å². The van der Waals surface area contributed by atoms with Gasteiger partial charge in [-0.05, 0) is 56.2 Å². The molecule has 1 aromatic rings. The number of nitrogens with one attached hydrogen (secondary N) is 1. The summed E-state index contributed by atoms with van der Waals surface area (Å²) >= 11 is 0. The first-order valence-corrected chi connectivity index (χ1v) is 9.86. The van der Waals surface area contributed by atoms with E-state index in [1.54, 1.807) is 10.4 Å². The maximum atomic E-state index is 12.9. The summed E-state index contributed by atoms with van der Waals surface area (Å²) in [5, 5.41) is 3.60. The minimum absolute atomic E-state index is 0.480. The van der Waals surface area contributed by atoms with Gasteiger partial charge in [0, 0.05) is 19.1 Å². The first-order chi connectivity index (χ1) is 10.6. The van der Waals surface area contributed by atoms with Gasteiger partial charge >= 0.3 is 0 Å². The number of rotatable bonds is 6. The van der Waals surface area contributed by atoms with Gasteiger partial charge in [-0.15, -0.1) is 0 Å². The van der Waals surface area contributed by atoms with Crippen LogP contribution < -0.4 is 5.32 Å². The number of nitrogens with zero attached hydrogens (tertiary/aromatic N) is 1. The van der Waals surface area contributed by atoms with Gasteiger partial charge in [-0.3, -0.25) is 0 Å². The molecule has 0 unspecified atom stereocenters. The Hall–Kier alpha value is -0.910. The van der Waals surface area contributed by atoms with E-state index in [1.165, 1.54) is 12.8 Å². The fourth-order valence-electron chi connectivity index (χ4n) is 3.14. The summed E-state index contributed by atoms with van der Waals surface area (Å²) in [6.45, 7) is 4.36. The van der Waals surface area contributed by atoms with Crippen LogP contribution in [0.4, 0.5) is 0 Å². The fourth-order valence-corrected chi connectivity index (χ4v) is 4.91. The second-order valence-corrected chi connectivity index (χ2v) is 8.40. The Morgan fingerprint density at radius 2 is 1.82 bits per heavy atom. The lowest BCUT2D eigenvalue weighted by molar-refractivity contribution is 0.288. The highest BCUT2D eigenvalue weighted by molar-refractivity contribution is 7.89. The van der Waals surface area contributed by atoms with E-state index in [0.29, 0.717) is 24.0 Å². The molecule has 1 aromatic carbocycles. The van der Waals surface area contributed by atoms with E-state index in [0.717, 1.165) is 37.3 Å². The SMILES string of the molecule is CCc1ccccc1S(=O)(=O)N1CCC(NCC2CC2)CC1. The normalized spacial score (nSPS) is 21.1. The minimum Gasteiger partial charge on any atom is -0.314 e. The third-order valence-corrected chi connectivity index (χ3v) is 6.82. The van der Waals surface area contributed by atoms with Crippen LogP contribution in [-0.4, -0.2) is 38.4 Å². The Bertz CT molecular complexity index is 603. The van der Waals surface area contributed by atoms with Crippen molar-refractivity contribution >= 4 is 10.0 Å². The minimum atomic E-state index is -3.34. The second kappa shape index (κ2) is 6.69. The number of aryl methyl sites for hydroxylation is 1. The van der Waals surface area contributed by atoms with E-state index in [9.17, 15) is 8.42 Å². The summed E-state index contributed by atoms with van der Waals surface area (Å²) in [6.07, 6.45) is 5.29. The Morgan fingerprint density at radius 3 is 2.45 bits per heavy atom. The summed E-state index contributed by atoms with van der Waals surface area (Å²) in [6, 6.07) is 7.86. The van der Waals surface area contributed by atoms with Crippen LogP contribution in [0.5, 0.6) is 0 Å². The molecule has 1 heterocycles. The van der Waals surface area contributed by atoms with E-state index in [2.05, 4.69) is 5.32 Å². The van der Waals surface area contributed by atoms with Crippen molar-refractivity contribution in [1.29, 1.82) is 0 Å². The second-order valence-electron chi connectivity index (χ2n) is 6.49. The van der Waals surface area contributed by atoms with Crippen LogP contribution in [0.2, 0.25) is 0 Å². The topological polar surface area (TPSA) is 49.4 Å². The average molecular weight is 322 g/mol. The molecule has 1 N–H and O–H groups in total. The molecule has 2 fully saturated rings. The molecule has 1 aliphatic heterocycles. The highest BCUT2D eigenvalue weighted by Gasteiger charge is 2.31. The van der Waals surface area contributed by atoms with Crippen molar-refractivity contribution in [3.8, 4) is 0 Å². The van der Waals surface area contributed by atoms with Crippen molar-refractivity contribution in [2.24, 2.45) is 5.92 Å². The Labute approximate surface area is 134 Å². The van der Waals surface area contributed by atoms with Crippen molar-refractivity contribution < 1.29 is 8.42 Å². The van der Waals surface area contributed by atoms with Gasteiger partial charge in [-0.1, -0.05) is 25.1 Å². The van der Waals surface area contributed by atoms with Crippen LogP contribution in [0.1, 0.15) is 38.2 Å². The molecule has 22 heavy (non-hydrogen) atoms. The third kappa shape index (κ3) is 3.53. The van der Waals surface area contributed by atoms with Crippen LogP contribution in [0.25, 0.3) is 0 Å². The zero-order valence-electron chi connectivity index (χ0n) is 13.3. The van der Waals surface area contributed by atoms with Crippen LogP contribution in [0.3, 0.4) is 0 Å². The van der Waals surface area contributed by atoms with Crippen molar-refractivity contribution in [3.05, 3.63) is 29.8 Å². The summed E-state index contributed by atoms with van der Waals surface area (Å²) in [5.74, 6) is 0.873. The predicted molar refractivity (Wildman–Crippen MR) is 88.3 cm³/mol. The largest absolute Gasteiger partial charge is 0.314 e. The average Bonchev–Trinajstić information content (AvgIpc) is 3.37. The Morgan fingerprint density at radius 1 is 1.14 bits per heavy atom. The molecule has 5 heteroatoms. The number of sulfonamides is 1. The van der Waals surface area contributed by atoms with Gasteiger partial charge in [0.25, 0.3) is 0 Å². The third-order valence-electron chi connectivity index (χ3n) is 4.82. The zero-order chi connectivity index (χ0) is 15.6. The zero-order valence-corrected chi connectivity index (χ0v) is 14.1. The highest BCUT2D eigenvalue weighted by atomic mass is 32.2. The van der Waals surface area contributed by atoms with Crippen molar-refractivity contribution in [2.75, 3.05) is 19.6 Å². The van der Waals surface area contributed by atoms with Gasteiger partial charge in [0.1, 0.15) is 0 Å². The van der Waals surface area contributed by atoms with Gasteiger partial charge in [-0.2, -0.15) is 4.31 Å². The number of hydrogen-bond acceptors (Lipinski definition) is 3. The van der Waals surface area contributed by atoms with Crippen LogP contribution in [0, 0.1) is 5.92 Å². The Balaban J connectivity index is 1.63. The fraction of sp³-hybridized carbons (Fsp3) is 0.647. The maximum absolute atomic E-state index is 12.9. The molecule has 0 aromatic heterocycles. The molecule has 122 valence electrons. The molecule has 0 bridgehead atoms. The molecule has 1 saturated heterocycles. The van der Waals surface area contributed by atoms with E-state index in [-0.39, 0.29) is 0 Å². The number of piperidine rings is 1. The molecule has 4 nitrogen and oxygen atoms in total. The molecule has 0 amide bonds. The van der Waals surface area contributed by atoms with Crippen LogP contribution >= 0.6 is 0 Å². The van der Waals surface area contributed by atoms with Crippen molar-refractivity contribution in [3.63, 3.8) is 0 Å². The lowest BCUT2D eigenvalue weighted by Crippen LogP contribution is -2.45. The molecule has 0 spiro atoms. The summed E-state index contributed by atoms with van der Waals surface area (Å²) < 4.78 is 27.4. The van der Waals surface area contributed by atoms with Crippen molar-refractivity contribution in [1.82, 2.24) is 9.62 Å². The quantitative estimate of drug-likeness (QED) is 0.875. The lowest BCUT2D eigenvalue weighted by Gasteiger charge is -2.32. The molecule has 0 radical (unpaired) electrons. The number of benzene rings is 1. The van der Waals surface area contributed by atoms with E-state index >= 15 is 0 Å². The first-order valence-electron chi connectivity index (χ1n) is 8.42. The molecule has 2 aliphatic rings. The lowest BCUT2D eigenvalue weighted by atomic mass is 10.1. The molecule has 1 saturated carbocycles. The summed E-state index contributed by atoms with van der Waals surface area (Å²) in [5.41, 5.74) is 0.913. The highest BCUT2D eigenvalue weighted by Crippen LogP contribution is 2.28. The Kier molecular flexibility index (Phi) is 4.85. The smallest absolute Gasteiger partial charge is 0.243 e. The number of hydrogen-bond donors (Lipinski definition) is 1. The molecular formula is C17H26N2O2S. The van der Waals surface area contributed by atoms with Gasteiger partial charge in [0.2, 0.25) is 10.0 Å². The maximum Gasteiger partial charge on any atom is 0.243 e. The van der Waals surface area contributed by atoms with E-state index < -0.39 is 10.0 Å². The summed E-state index contributed by atoms with van der Waals surface area (Å²) in [4.78, 5) is 0.488. The van der Waals surface area contributed by atoms with Gasteiger partial charge in [0.15, 0.2) is 0 Å². The van der Waals surface area contributed by atoms with Gasteiger partial charge in [-0.25, -0.2) is 8.42 Å². The van der Waals surface area contributed by atoms with Crippen LogP contribution in [-0.2, 0) is 16.4 Å². The molecule has 0 atom stereocenters. The monoisotopic (exact) mass is 322 g/mol. The molecule has 1 aliphatic carbocycles. The summed E-state index contributed by atoms with van der Waals surface area (Å²) in [7, 11) is -3.34. The van der Waals surface area contributed by atoms with E-state index in [4.69, 9.17) is 0 Å².